The number of allylic oxidation sites excluding steroid dienone is 1. The third-order valence-corrected chi connectivity index (χ3v) is 7.64. The van der Waals surface area contributed by atoms with Crippen LogP contribution in [-0.4, -0.2) is 19.9 Å². The molecule has 2 aromatic heterocycles. The summed E-state index contributed by atoms with van der Waals surface area (Å²) in [6.45, 7) is 0. The summed E-state index contributed by atoms with van der Waals surface area (Å²) in [5, 5.41) is 48.2. The van der Waals surface area contributed by atoms with Crippen LogP contribution in [0.1, 0.15) is 27.8 Å². The largest absolute Gasteiger partial charge is 0.430 e. The molecule has 0 atom stereocenters. The minimum atomic E-state index is -2.45. The lowest BCUT2D eigenvalue weighted by Gasteiger charge is -2.08. The number of hydrogen-bond donors (Lipinski definition) is 0. The van der Waals surface area contributed by atoms with Crippen molar-refractivity contribution in [1.82, 2.24) is 19.9 Å². The molecule has 250 valence electrons. The molecule has 0 unspecified atom stereocenters. The summed E-state index contributed by atoms with van der Waals surface area (Å²) in [7, 11) is 0. The van der Waals surface area contributed by atoms with E-state index in [9.17, 15) is 52.7 Å². The molecule has 0 saturated carbocycles. The van der Waals surface area contributed by atoms with Crippen LogP contribution in [0.15, 0.2) is 62.7 Å². The second-order valence-electron chi connectivity index (χ2n) is 10.7. The van der Waals surface area contributed by atoms with Gasteiger partial charge in [0.1, 0.15) is 34.7 Å². The van der Waals surface area contributed by atoms with E-state index in [1.54, 1.807) is 0 Å². The van der Waals surface area contributed by atoms with Gasteiger partial charge >= 0.3 is 0 Å². The molecule has 6 aromatic rings. The first kappa shape index (κ1) is 33.2. The maximum atomic E-state index is 14.7. The topological polar surface area (TPSA) is 208 Å². The first-order valence-corrected chi connectivity index (χ1v) is 14.4. The SMILES string of the molecule is N#C/C(=C1\N=c2ccc(-c3nc(-c4cc(C#N)cc(C#N)c4)nc(-c4nc5c(C#N)ccc(F)c5o4)n3)c(C#N)c2=N1)c1c(F)c(F)c(F)c(F)c1F. The van der Waals surface area contributed by atoms with E-state index in [-0.39, 0.29) is 67.1 Å². The van der Waals surface area contributed by atoms with E-state index >= 15 is 0 Å². The van der Waals surface area contributed by atoms with Crippen molar-refractivity contribution in [2.45, 2.75) is 0 Å². The van der Waals surface area contributed by atoms with Gasteiger partial charge in [-0.1, -0.05) is 0 Å². The third-order valence-electron chi connectivity index (χ3n) is 7.64. The van der Waals surface area contributed by atoms with Gasteiger partial charge in [0.15, 0.2) is 52.1 Å². The number of nitriles is 5. The molecule has 4 aromatic carbocycles. The zero-order valence-corrected chi connectivity index (χ0v) is 25.6. The molecule has 7 rings (SSSR count). The Hall–Kier alpha value is -8.27. The number of hydrogen-bond acceptors (Lipinski definition) is 12. The maximum Gasteiger partial charge on any atom is 0.266 e. The summed E-state index contributed by atoms with van der Waals surface area (Å²) in [5.41, 5.74) is -3.60. The van der Waals surface area contributed by atoms with E-state index in [0.717, 1.165) is 6.07 Å². The molecule has 0 spiro atoms. The second kappa shape index (κ2) is 12.6. The van der Waals surface area contributed by atoms with Crippen molar-refractivity contribution in [1.29, 1.82) is 26.3 Å². The summed E-state index contributed by atoms with van der Waals surface area (Å²) < 4.78 is 91.5. The van der Waals surface area contributed by atoms with Crippen LogP contribution in [0.25, 0.3) is 51.2 Å². The highest BCUT2D eigenvalue weighted by atomic mass is 19.2. The highest BCUT2D eigenvalue weighted by Crippen LogP contribution is 2.33. The molecule has 0 radical (unpaired) electrons. The highest BCUT2D eigenvalue weighted by Gasteiger charge is 2.30. The number of nitrogens with zero attached hydrogens (tertiary/aromatic N) is 11. The van der Waals surface area contributed by atoms with Gasteiger partial charge in [0.2, 0.25) is 11.6 Å². The fraction of sp³-hybridized carbons (Fsp3) is 0. The fourth-order valence-electron chi connectivity index (χ4n) is 5.25. The molecular formula is C35H7F6N11O. The molecule has 53 heavy (non-hydrogen) atoms. The van der Waals surface area contributed by atoms with Gasteiger partial charge in [0.25, 0.3) is 5.89 Å². The molecule has 3 heterocycles. The van der Waals surface area contributed by atoms with Crippen molar-refractivity contribution >= 4 is 16.7 Å². The third kappa shape index (κ3) is 5.31. The van der Waals surface area contributed by atoms with Crippen molar-refractivity contribution in [3.63, 3.8) is 0 Å². The lowest BCUT2D eigenvalue weighted by atomic mass is 10.0. The Morgan fingerprint density at radius 2 is 1.26 bits per heavy atom. The first-order valence-electron chi connectivity index (χ1n) is 14.4. The van der Waals surface area contributed by atoms with Gasteiger partial charge < -0.3 is 4.42 Å². The molecule has 1 aliphatic rings. The normalized spacial score (nSPS) is 12.4. The highest BCUT2D eigenvalue weighted by molar-refractivity contribution is 5.83. The average Bonchev–Trinajstić information content (AvgIpc) is 3.83. The van der Waals surface area contributed by atoms with Gasteiger partial charge in [-0.25, -0.2) is 56.3 Å². The number of oxazole rings is 1. The van der Waals surface area contributed by atoms with E-state index in [1.165, 1.54) is 42.5 Å². The zero-order chi connectivity index (χ0) is 37.7. The summed E-state index contributed by atoms with van der Waals surface area (Å²) in [6.07, 6.45) is 0. The van der Waals surface area contributed by atoms with Gasteiger partial charge in [-0.15, -0.1) is 0 Å². The Balaban J connectivity index is 1.49. The van der Waals surface area contributed by atoms with Crippen LogP contribution in [0, 0.1) is 91.6 Å². The standard InChI is InChI=1S/C35H7F6N11O/c36-20-3-1-15(10-44)28-30(20)53-35(49-28)34-51-31(16-6-13(8-42)5-14(7-16)9-43)50-32(52-34)17-2-4-21-29(18(17)11-45)48-33(47-21)19(12-46)22-23(37)25(39)27(41)26(40)24(22)38/h1-7H/b33-19-. The monoisotopic (exact) mass is 711 g/mol. The molecule has 0 amide bonds. The van der Waals surface area contributed by atoms with Crippen LogP contribution in [0.4, 0.5) is 26.3 Å². The summed E-state index contributed by atoms with van der Waals surface area (Å²) in [5.74, 6) is -14.6. The molecule has 0 fully saturated rings. The molecule has 1 aliphatic heterocycles. The Kier molecular flexibility index (Phi) is 7.88. The second-order valence-corrected chi connectivity index (χ2v) is 10.7. The van der Waals surface area contributed by atoms with E-state index in [1.807, 2.05) is 24.3 Å². The number of fused-ring (bicyclic) bond motifs is 2. The number of halogens is 6. The Labute approximate surface area is 290 Å². The Morgan fingerprint density at radius 1 is 0.623 bits per heavy atom. The van der Waals surface area contributed by atoms with Crippen LogP contribution in [0.3, 0.4) is 0 Å². The van der Waals surface area contributed by atoms with Gasteiger partial charge in [-0.05, 0) is 42.5 Å². The summed E-state index contributed by atoms with van der Waals surface area (Å²) >= 11 is 0. The quantitative estimate of drug-likeness (QED) is 0.0973. The maximum absolute atomic E-state index is 14.7. The smallest absolute Gasteiger partial charge is 0.266 e. The van der Waals surface area contributed by atoms with Crippen molar-refractivity contribution in [3.05, 3.63) is 122 Å². The lowest BCUT2D eigenvalue weighted by Crippen LogP contribution is -2.25. The van der Waals surface area contributed by atoms with Crippen molar-refractivity contribution < 1.29 is 30.8 Å². The van der Waals surface area contributed by atoms with E-state index in [2.05, 4.69) is 29.9 Å². The molecule has 0 N–H and O–H groups in total. The van der Waals surface area contributed by atoms with Crippen molar-refractivity contribution in [3.8, 4) is 64.8 Å². The van der Waals surface area contributed by atoms with Gasteiger partial charge in [-0.2, -0.15) is 26.3 Å². The predicted octanol–water partition coefficient (Wildman–Crippen LogP) is 5.48. The van der Waals surface area contributed by atoms with Crippen LogP contribution in [-0.2, 0) is 0 Å². The van der Waals surface area contributed by atoms with Crippen molar-refractivity contribution in [2.24, 2.45) is 9.98 Å². The van der Waals surface area contributed by atoms with Crippen LogP contribution in [0.2, 0.25) is 0 Å². The summed E-state index contributed by atoms with van der Waals surface area (Å²) in [6, 6.07) is 17.5. The van der Waals surface area contributed by atoms with Gasteiger partial charge in [0, 0.05) is 11.1 Å². The number of benzene rings is 4. The van der Waals surface area contributed by atoms with E-state index in [0.29, 0.717) is 0 Å². The number of aromatic nitrogens is 4. The Bertz CT molecular complexity index is 2990. The Morgan fingerprint density at radius 3 is 1.89 bits per heavy atom. The molecule has 0 saturated heterocycles. The van der Waals surface area contributed by atoms with E-state index in [4.69, 9.17) is 4.42 Å². The average molecular weight is 712 g/mol. The van der Waals surface area contributed by atoms with Crippen molar-refractivity contribution in [2.75, 3.05) is 0 Å². The van der Waals surface area contributed by atoms with Crippen LogP contribution < -0.4 is 10.7 Å². The zero-order valence-electron chi connectivity index (χ0n) is 25.6. The van der Waals surface area contributed by atoms with Gasteiger partial charge in [0.05, 0.1) is 45.3 Å². The number of rotatable bonds is 4. The molecule has 0 bridgehead atoms. The summed E-state index contributed by atoms with van der Waals surface area (Å²) in [4.78, 5) is 25.3. The first-order chi connectivity index (χ1) is 25.5. The van der Waals surface area contributed by atoms with Crippen LogP contribution in [0.5, 0.6) is 0 Å². The minimum Gasteiger partial charge on any atom is -0.430 e. The minimum absolute atomic E-state index is 0.0437. The van der Waals surface area contributed by atoms with Gasteiger partial charge in [-0.3, -0.25) is 0 Å². The molecule has 0 aliphatic carbocycles. The van der Waals surface area contributed by atoms with E-state index < -0.39 is 63.3 Å². The lowest BCUT2D eigenvalue weighted by molar-refractivity contribution is 0.376. The predicted molar refractivity (Wildman–Crippen MR) is 164 cm³/mol. The molecular weight excluding hydrogens is 704 g/mol. The fourth-order valence-corrected chi connectivity index (χ4v) is 5.25. The van der Waals surface area contributed by atoms with Crippen LogP contribution >= 0.6 is 0 Å². The molecule has 12 nitrogen and oxygen atoms in total. The molecule has 18 heteroatoms.